The second kappa shape index (κ2) is 6.92. The minimum Gasteiger partial charge on any atom is -0.396 e. The number of benzene rings is 1. The van der Waals surface area contributed by atoms with Crippen LogP contribution in [0.5, 0.6) is 0 Å². The number of hydrogen-bond donors (Lipinski definition) is 1. The van der Waals surface area contributed by atoms with E-state index in [1.165, 1.54) is 0 Å². The van der Waals surface area contributed by atoms with Crippen LogP contribution in [0.25, 0.3) is 0 Å². The first-order valence-electron chi connectivity index (χ1n) is 6.83. The van der Waals surface area contributed by atoms with Crippen molar-refractivity contribution >= 4 is 17.5 Å². The van der Waals surface area contributed by atoms with Crippen molar-refractivity contribution in [2.75, 3.05) is 13.2 Å². The van der Waals surface area contributed by atoms with Crippen LogP contribution in [0.3, 0.4) is 0 Å². The zero-order valence-electron chi connectivity index (χ0n) is 11.0. The van der Waals surface area contributed by atoms with Gasteiger partial charge in [-0.15, -0.1) is 11.6 Å². The lowest BCUT2D eigenvalue weighted by Gasteiger charge is -2.24. The van der Waals surface area contributed by atoms with Gasteiger partial charge in [-0.1, -0.05) is 12.1 Å². The number of alkyl halides is 1. The molecule has 0 bridgehead atoms. The van der Waals surface area contributed by atoms with Crippen molar-refractivity contribution < 1.29 is 9.90 Å². The predicted molar refractivity (Wildman–Crippen MR) is 76.4 cm³/mol. The zero-order valence-corrected chi connectivity index (χ0v) is 11.8. The number of aliphatic hydroxyl groups is 1. The molecule has 19 heavy (non-hydrogen) atoms. The van der Waals surface area contributed by atoms with Crippen LogP contribution in [-0.2, 0) is 5.88 Å². The molecule has 1 aromatic carbocycles. The molecule has 1 aliphatic rings. The van der Waals surface area contributed by atoms with E-state index in [4.69, 9.17) is 16.7 Å². The highest BCUT2D eigenvalue weighted by Crippen LogP contribution is 2.23. The van der Waals surface area contributed by atoms with Crippen molar-refractivity contribution in [2.24, 2.45) is 0 Å². The molecule has 1 amide bonds. The van der Waals surface area contributed by atoms with Crippen molar-refractivity contribution in [3.8, 4) is 0 Å². The minimum absolute atomic E-state index is 0.0987. The fraction of sp³-hybridized carbons (Fsp3) is 0.533. The molecule has 0 saturated carbocycles. The average Bonchev–Trinajstić information content (AvgIpc) is 2.92. The number of likely N-dealkylation sites (tertiary alicyclic amines) is 1. The van der Waals surface area contributed by atoms with Crippen molar-refractivity contribution in [1.82, 2.24) is 4.90 Å². The summed E-state index contributed by atoms with van der Waals surface area (Å²) in [5.74, 6) is 0.568. The van der Waals surface area contributed by atoms with Crippen molar-refractivity contribution in [1.29, 1.82) is 0 Å². The molecule has 0 aromatic heterocycles. The van der Waals surface area contributed by atoms with Gasteiger partial charge in [0.15, 0.2) is 0 Å². The predicted octanol–water partition coefficient (Wildman–Crippen LogP) is 2.80. The molecule has 1 saturated heterocycles. The van der Waals surface area contributed by atoms with Crippen LogP contribution in [0.1, 0.15) is 41.6 Å². The van der Waals surface area contributed by atoms with Crippen molar-refractivity contribution in [3.63, 3.8) is 0 Å². The lowest BCUT2D eigenvalue weighted by Crippen LogP contribution is -2.35. The van der Waals surface area contributed by atoms with E-state index in [-0.39, 0.29) is 18.6 Å². The number of hydrogen-bond acceptors (Lipinski definition) is 2. The number of rotatable bonds is 5. The lowest BCUT2D eigenvalue weighted by molar-refractivity contribution is 0.0724. The third kappa shape index (κ3) is 3.48. The number of halogens is 1. The molecular weight excluding hydrogens is 262 g/mol. The van der Waals surface area contributed by atoms with Crippen molar-refractivity contribution in [2.45, 2.75) is 37.6 Å². The van der Waals surface area contributed by atoms with Gasteiger partial charge in [0.25, 0.3) is 5.91 Å². The molecule has 1 aliphatic heterocycles. The Bertz CT molecular complexity index is 419. The summed E-state index contributed by atoms with van der Waals surface area (Å²) < 4.78 is 0. The highest BCUT2D eigenvalue weighted by Gasteiger charge is 2.28. The summed E-state index contributed by atoms with van der Waals surface area (Å²) in [7, 11) is 0. The largest absolute Gasteiger partial charge is 0.396 e. The molecule has 4 heteroatoms. The first kappa shape index (κ1) is 14.4. The molecular formula is C15H20ClNO2. The average molecular weight is 282 g/mol. The molecule has 0 radical (unpaired) electrons. The number of nitrogens with zero attached hydrogens (tertiary/aromatic N) is 1. The molecule has 1 atom stereocenters. The van der Waals surface area contributed by atoms with E-state index in [9.17, 15) is 4.79 Å². The number of carbonyl (C=O) groups is 1. The Hall–Kier alpha value is -1.06. The fourth-order valence-corrected chi connectivity index (χ4v) is 2.81. The third-order valence-corrected chi connectivity index (χ3v) is 4.00. The maximum absolute atomic E-state index is 12.5. The Morgan fingerprint density at radius 2 is 2.11 bits per heavy atom. The molecule has 1 N–H and O–H groups in total. The summed E-state index contributed by atoms with van der Waals surface area (Å²) in [6, 6.07) is 7.79. The molecule has 1 fully saturated rings. The second-order valence-electron chi connectivity index (χ2n) is 4.99. The maximum Gasteiger partial charge on any atom is 0.254 e. The van der Waals surface area contributed by atoms with Gasteiger partial charge in [0.05, 0.1) is 0 Å². The van der Waals surface area contributed by atoms with E-state index < -0.39 is 0 Å². The van der Waals surface area contributed by atoms with Gasteiger partial charge < -0.3 is 10.0 Å². The third-order valence-electron chi connectivity index (χ3n) is 3.69. The van der Waals surface area contributed by atoms with Crippen LogP contribution in [0.4, 0.5) is 0 Å². The molecule has 0 spiro atoms. The van der Waals surface area contributed by atoms with Crippen LogP contribution in [-0.4, -0.2) is 35.1 Å². The number of amides is 1. The highest BCUT2D eigenvalue weighted by molar-refractivity contribution is 6.17. The summed E-state index contributed by atoms with van der Waals surface area (Å²) in [6.45, 7) is 1.02. The first-order valence-corrected chi connectivity index (χ1v) is 7.36. The molecule has 0 aliphatic carbocycles. The van der Waals surface area contributed by atoms with E-state index in [0.717, 1.165) is 43.4 Å². The maximum atomic E-state index is 12.5. The summed E-state index contributed by atoms with van der Waals surface area (Å²) >= 11 is 5.75. The Labute approximate surface area is 119 Å². The second-order valence-corrected chi connectivity index (χ2v) is 5.26. The van der Waals surface area contributed by atoms with Gasteiger partial charge in [-0.25, -0.2) is 0 Å². The summed E-state index contributed by atoms with van der Waals surface area (Å²) in [6.07, 6.45) is 3.76. The van der Waals surface area contributed by atoms with Crippen LogP contribution in [0, 0.1) is 0 Å². The molecule has 1 heterocycles. The minimum atomic E-state index is 0.0987. The molecule has 2 rings (SSSR count). The van der Waals surface area contributed by atoms with Crippen LogP contribution >= 0.6 is 11.6 Å². The Morgan fingerprint density at radius 1 is 1.37 bits per heavy atom. The van der Waals surface area contributed by atoms with Gasteiger partial charge in [0.1, 0.15) is 0 Å². The van der Waals surface area contributed by atoms with E-state index in [1.54, 1.807) is 0 Å². The van der Waals surface area contributed by atoms with Crippen molar-refractivity contribution in [3.05, 3.63) is 35.4 Å². The van der Waals surface area contributed by atoms with Crippen LogP contribution in [0.2, 0.25) is 0 Å². The Kier molecular flexibility index (Phi) is 5.23. The SMILES string of the molecule is O=C(c1ccc(CCl)cc1)N1CCCC1CCCO. The van der Waals surface area contributed by atoms with Gasteiger partial charge in [-0.2, -0.15) is 0 Å². The molecule has 3 nitrogen and oxygen atoms in total. The normalized spacial score (nSPS) is 18.8. The summed E-state index contributed by atoms with van der Waals surface area (Å²) in [5, 5.41) is 8.91. The van der Waals surface area contributed by atoms with Crippen LogP contribution < -0.4 is 0 Å². The quantitative estimate of drug-likeness (QED) is 0.843. The van der Waals surface area contributed by atoms with Gasteiger partial charge in [0.2, 0.25) is 0 Å². The topological polar surface area (TPSA) is 40.5 Å². The summed E-state index contributed by atoms with van der Waals surface area (Å²) in [5.41, 5.74) is 1.75. The van der Waals surface area contributed by atoms with E-state index in [0.29, 0.717) is 5.88 Å². The smallest absolute Gasteiger partial charge is 0.254 e. The van der Waals surface area contributed by atoms with E-state index >= 15 is 0 Å². The van der Waals surface area contributed by atoms with Gasteiger partial charge >= 0.3 is 0 Å². The monoisotopic (exact) mass is 281 g/mol. The number of carbonyl (C=O) groups excluding carboxylic acids is 1. The lowest BCUT2D eigenvalue weighted by atomic mass is 10.1. The fourth-order valence-electron chi connectivity index (χ4n) is 2.63. The Morgan fingerprint density at radius 3 is 2.74 bits per heavy atom. The first-order chi connectivity index (χ1) is 9.26. The summed E-state index contributed by atoms with van der Waals surface area (Å²) in [4.78, 5) is 14.4. The number of aliphatic hydroxyl groups excluding tert-OH is 1. The molecule has 104 valence electrons. The van der Waals surface area contributed by atoms with E-state index in [2.05, 4.69) is 0 Å². The van der Waals surface area contributed by atoms with Gasteiger partial charge in [-0.05, 0) is 43.4 Å². The Balaban J connectivity index is 2.04. The highest BCUT2D eigenvalue weighted by atomic mass is 35.5. The zero-order chi connectivity index (χ0) is 13.7. The van der Waals surface area contributed by atoms with E-state index in [1.807, 2.05) is 29.2 Å². The standard InChI is InChI=1S/C15H20ClNO2/c16-11-12-5-7-13(8-6-12)15(19)17-9-1-3-14(17)4-2-10-18/h5-8,14,18H,1-4,9-11H2. The molecule has 1 unspecified atom stereocenters. The van der Waals surface area contributed by atoms with Gasteiger partial charge in [0, 0.05) is 30.6 Å². The molecule has 1 aromatic rings. The van der Waals surface area contributed by atoms with Gasteiger partial charge in [-0.3, -0.25) is 4.79 Å². The van der Waals surface area contributed by atoms with Crippen LogP contribution in [0.15, 0.2) is 24.3 Å².